The van der Waals surface area contributed by atoms with E-state index in [-0.39, 0.29) is 12.1 Å². The molecule has 0 amide bonds. The van der Waals surface area contributed by atoms with Crippen molar-refractivity contribution >= 4 is 11.8 Å². The fourth-order valence-corrected chi connectivity index (χ4v) is 4.83. The van der Waals surface area contributed by atoms with Gasteiger partial charge in [0.15, 0.2) is 0 Å². The Balaban J connectivity index is 1.23. The average molecular weight is 522 g/mol. The van der Waals surface area contributed by atoms with Gasteiger partial charge in [-0.15, -0.1) is 0 Å². The Bertz CT molecular complexity index is 1350. The van der Waals surface area contributed by atoms with Crippen molar-refractivity contribution in [1.82, 2.24) is 9.88 Å². The van der Waals surface area contributed by atoms with Gasteiger partial charge in [0.1, 0.15) is 23.7 Å². The molecule has 4 aromatic rings. The molecule has 2 heterocycles. The third-order valence-corrected chi connectivity index (χ3v) is 6.81. The highest BCUT2D eigenvalue weighted by Gasteiger charge is 2.27. The molecule has 1 aromatic heterocycles. The van der Waals surface area contributed by atoms with Crippen LogP contribution in [0.4, 0.5) is 5.82 Å². The highest BCUT2D eigenvalue weighted by molar-refractivity contribution is 6.02. The van der Waals surface area contributed by atoms with Gasteiger partial charge in [-0.25, -0.2) is 9.78 Å². The smallest absolute Gasteiger partial charge is 0.342 e. The first-order chi connectivity index (χ1) is 19.1. The van der Waals surface area contributed by atoms with Crippen LogP contribution in [0.5, 0.6) is 5.75 Å². The molecule has 0 atom stereocenters. The number of nitrogens with zero attached hydrogens (tertiary/aromatic N) is 3. The molecule has 0 N–H and O–H groups in total. The van der Waals surface area contributed by atoms with Gasteiger partial charge in [-0.05, 0) is 48.7 Å². The molecular weight excluding hydrogens is 486 g/mol. The normalized spacial score (nSPS) is 13.9. The van der Waals surface area contributed by atoms with E-state index >= 15 is 0 Å². The fraction of sp³-hybridized carbons (Fsp3) is 0.273. The molecule has 1 aliphatic heterocycles. The van der Waals surface area contributed by atoms with Gasteiger partial charge in [0.2, 0.25) is 0 Å². The molecule has 0 bridgehead atoms. The summed E-state index contributed by atoms with van der Waals surface area (Å²) in [6.45, 7) is 8.50. The van der Waals surface area contributed by atoms with E-state index in [2.05, 4.69) is 39.0 Å². The lowest BCUT2D eigenvalue weighted by Crippen LogP contribution is -2.46. The highest BCUT2D eigenvalue weighted by atomic mass is 16.5. The molecule has 1 fully saturated rings. The molecule has 39 heavy (non-hydrogen) atoms. The monoisotopic (exact) mass is 521 g/mol. The van der Waals surface area contributed by atoms with Crippen LogP contribution in [0.15, 0.2) is 97.2 Å². The third kappa shape index (κ3) is 6.84. The Hall–Kier alpha value is -4.16. The summed E-state index contributed by atoms with van der Waals surface area (Å²) in [7, 11) is 0. The summed E-state index contributed by atoms with van der Waals surface area (Å²) >= 11 is 0. The summed E-state index contributed by atoms with van der Waals surface area (Å²) in [5.74, 6) is 1.24. The predicted octanol–water partition coefficient (Wildman–Crippen LogP) is 6.22. The summed E-state index contributed by atoms with van der Waals surface area (Å²) in [6.07, 6.45) is 1.58. The Morgan fingerprint density at radius 2 is 1.49 bits per heavy atom. The van der Waals surface area contributed by atoms with E-state index < -0.39 is 0 Å². The minimum absolute atomic E-state index is 0.207. The number of benzene rings is 3. The first kappa shape index (κ1) is 26.4. The average Bonchev–Trinajstić information content (AvgIpc) is 2.97. The summed E-state index contributed by atoms with van der Waals surface area (Å²) in [6, 6.07) is 30.4. The minimum Gasteiger partial charge on any atom is -0.489 e. The van der Waals surface area contributed by atoms with Crippen LogP contribution < -0.4 is 9.64 Å². The van der Waals surface area contributed by atoms with Crippen molar-refractivity contribution in [3.8, 4) is 16.9 Å². The van der Waals surface area contributed by atoms with Crippen LogP contribution in [0, 0.1) is 0 Å². The van der Waals surface area contributed by atoms with Crippen molar-refractivity contribution in [2.75, 3.05) is 31.1 Å². The summed E-state index contributed by atoms with van der Waals surface area (Å²) in [5.41, 5.74) is 4.77. The van der Waals surface area contributed by atoms with E-state index in [1.807, 2.05) is 80.6 Å². The number of anilines is 1. The number of carbonyl (C=O) groups is 1. The molecule has 6 nitrogen and oxygen atoms in total. The number of pyridine rings is 1. The summed E-state index contributed by atoms with van der Waals surface area (Å²) in [4.78, 5) is 22.6. The molecule has 0 radical (unpaired) electrons. The maximum atomic E-state index is 13.3. The van der Waals surface area contributed by atoms with Gasteiger partial charge < -0.3 is 14.4 Å². The largest absolute Gasteiger partial charge is 0.489 e. The second-order valence-corrected chi connectivity index (χ2v) is 10.1. The van der Waals surface area contributed by atoms with Crippen molar-refractivity contribution in [2.24, 2.45) is 0 Å². The minimum atomic E-state index is -0.330. The van der Waals surface area contributed by atoms with Crippen LogP contribution in [0.3, 0.4) is 0 Å². The van der Waals surface area contributed by atoms with Gasteiger partial charge in [0.05, 0.1) is 6.10 Å². The topological polar surface area (TPSA) is 54.9 Å². The van der Waals surface area contributed by atoms with E-state index in [0.29, 0.717) is 18.0 Å². The van der Waals surface area contributed by atoms with Gasteiger partial charge in [-0.1, -0.05) is 72.8 Å². The van der Waals surface area contributed by atoms with Crippen molar-refractivity contribution < 1.29 is 14.3 Å². The molecule has 6 heteroatoms. The predicted molar refractivity (Wildman–Crippen MR) is 155 cm³/mol. The Labute approximate surface area is 230 Å². The van der Waals surface area contributed by atoms with Crippen molar-refractivity contribution in [1.29, 1.82) is 0 Å². The maximum absolute atomic E-state index is 13.3. The zero-order chi connectivity index (χ0) is 27.0. The number of esters is 1. The molecule has 0 saturated carbocycles. The summed E-state index contributed by atoms with van der Waals surface area (Å²) < 4.78 is 11.6. The number of piperazine rings is 1. The zero-order valence-electron chi connectivity index (χ0n) is 22.6. The molecule has 5 rings (SSSR count). The lowest BCUT2D eigenvalue weighted by molar-refractivity contribution is 0.0379. The molecule has 200 valence electrons. The lowest BCUT2D eigenvalue weighted by Gasteiger charge is -2.36. The van der Waals surface area contributed by atoms with E-state index in [0.717, 1.165) is 55.2 Å². The van der Waals surface area contributed by atoms with Crippen LogP contribution >= 0.6 is 0 Å². The first-order valence-electron chi connectivity index (χ1n) is 13.5. The van der Waals surface area contributed by atoms with Gasteiger partial charge in [-0.2, -0.15) is 0 Å². The van der Waals surface area contributed by atoms with Gasteiger partial charge in [0.25, 0.3) is 0 Å². The van der Waals surface area contributed by atoms with Gasteiger partial charge in [-0.3, -0.25) is 4.90 Å². The molecular formula is C33H35N3O3. The maximum Gasteiger partial charge on any atom is 0.342 e. The quantitative estimate of drug-likeness (QED) is 0.244. The van der Waals surface area contributed by atoms with Crippen LogP contribution in [-0.2, 0) is 17.9 Å². The van der Waals surface area contributed by atoms with E-state index in [1.54, 1.807) is 6.20 Å². The number of rotatable bonds is 9. The van der Waals surface area contributed by atoms with Crippen molar-refractivity contribution in [3.05, 3.63) is 114 Å². The van der Waals surface area contributed by atoms with E-state index in [1.165, 1.54) is 5.56 Å². The Morgan fingerprint density at radius 3 is 2.15 bits per heavy atom. The Kier molecular flexibility index (Phi) is 8.54. The Morgan fingerprint density at radius 1 is 0.821 bits per heavy atom. The molecule has 0 aliphatic carbocycles. The van der Waals surface area contributed by atoms with Crippen LogP contribution in [0.2, 0.25) is 0 Å². The second kappa shape index (κ2) is 12.6. The SMILES string of the molecule is CC(C)OC(=O)c1c(-c2ccccc2)ccnc1N1CCN(Cc2ccc(OCc3ccccc3)cc2)CC1. The molecule has 1 aliphatic rings. The third-order valence-electron chi connectivity index (χ3n) is 6.81. The molecule has 3 aromatic carbocycles. The number of hydrogen-bond donors (Lipinski definition) is 0. The standard InChI is InChI=1S/C33H35N3O3/c1-25(2)39-33(37)31-30(28-11-7-4-8-12-28)17-18-34-32(31)36-21-19-35(20-22-36)23-26-13-15-29(16-14-26)38-24-27-9-5-3-6-10-27/h3-18,25H,19-24H2,1-2H3. The van der Waals surface area contributed by atoms with Crippen LogP contribution in [0.25, 0.3) is 11.1 Å². The summed E-state index contributed by atoms with van der Waals surface area (Å²) in [5, 5.41) is 0. The lowest BCUT2D eigenvalue weighted by atomic mass is 10.00. The fourth-order valence-electron chi connectivity index (χ4n) is 4.83. The van der Waals surface area contributed by atoms with Gasteiger partial charge in [0, 0.05) is 44.5 Å². The van der Waals surface area contributed by atoms with Crippen LogP contribution in [-0.4, -0.2) is 48.1 Å². The number of ether oxygens (including phenoxy) is 2. The first-order valence-corrected chi connectivity index (χ1v) is 13.5. The van der Waals surface area contributed by atoms with Gasteiger partial charge >= 0.3 is 5.97 Å². The van der Waals surface area contributed by atoms with Crippen molar-refractivity contribution in [2.45, 2.75) is 33.1 Å². The second-order valence-electron chi connectivity index (χ2n) is 10.1. The zero-order valence-corrected chi connectivity index (χ0v) is 22.6. The molecule has 1 saturated heterocycles. The van der Waals surface area contributed by atoms with E-state index in [4.69, 9.17) is 9.47 Å². The molecule has 0 spiro atoms. The highest BCUT2D eigenvalue weighted by Crippen LogP contribution is 2.31. The number of carbonyl (C=O) groups excluding carboxylic acids is 1. The molecule has 0 unspecified atom stereocenters. The van der Waals surface area contributed by atoms with Crippen molar-refractivity contribution in [3.63, 3.8) is 0 Å². The van der Waals surface area contributed by atoms with E-state index in [9.17, 15) is 4.79 Å². The van der Waals surface area contributed by atoms with Crippen LogP contribution in [0.1, 0.15) is 35.3 Å². The number of hydrogen-bond acceptors (Lipinski definition) is 6. The number of aromatic nitrogens is 1.